The van der Waals surface area contributed by atoms with Crippen molar-refractivity contribution in [2.24, 2.45) is 0 Å². The number of amides is 1. The van der Waals surface area contributed by atoms with E-state index in [4.69, 9.17) is 22.4 Å². The van der Waals surface area contributed by atoms with E-state index in [9.17, 15) is 9.59 Å². The molecule has 0 radical (unpaired) electrons. The van der Waals surface area contributed by atoms with E-state index in [1.54, 1.807) is 25.1 Å². The molecule has 0 aliphatic rings. The fraction of sp³-hybridized carbons (Fsp3) is 0.0667. The molecule has 0 aromatic heterocycles. The fourth-order valence-corrected chi connectivity index (χ4v) is 1.93. The minimum atomic E-state index is -1.09. The van der Waals surface area contributed by atoms with Gasteiger partial charge >= 0.3 is 5.97 Å². The zero-order valence-corrected chi connectivity index (χ0v) is 11.9. The van der Waals surface area contributed by atoms with Crippen LogP contribution < -0.4 is 11.1 Å². The van der Waals surface area contributed by atoms with Crippen molar-refractivity contribution < 1.29 is 14.7 Å². The third-order valence-electron chi connectivity index (χ3n) is 2.99. The Hall–Kier alpha value is -2.53. The first kappa shape index (κ1) is 14.9. The van der Waals surface area contributed by atoms with Gasteiger partial charge in [-0.15, -0.1) is 0 Å². The lowest BCUT2D eigenvalue weighted by Crippen LogP contribution is -2.13. The number of carbonyl (C=O) groups is 2. The normalized spacial score (nSPS) is 10.2. The molecule has 108 valence electrons. The number of hydrogen-bond donors (Lipinski definition) is 3. The van der Waals surface area contributed by atoms with Crippen LogP contribution in [0.2, 0.25) is 5.02 Å². The number of nitrogens with one attached hydrogen (secondary N) is 1. The van der Waals surface area contributed by atoms with Crippen LogP contribution in [0.5, 0.6) is 0 Å². The molecular formula is C15H13ClN2O3. The van der Waals surface area contributed by atoms with Gasteiger partial charge in [0.05, 0.1) is 16.3 Å². The molecule has 0 spiro atoms. The van der Waals surface area contributed by atoms with Crippen LogP contribution >= 0.6 is 11.6 Å². The van der Waals surface area contributed by atoms with Gasteiger partial charge in [-0.1, -0.05) is 11.6 Å². The zero-order valence-electron chi connectivity index (χ0n) is 11.2. The second kappa shape index (κ2) is 5.85. The summed E-state index contributed by atoms with van der Waals surface area (Å²) < 4.78 is 0. The van der Waals surface area contributed by atoms with E-state index in [-0.39, 0.29) is 22.2 Å². The van der Waals surface area contributed by atoms with Crippen molar-refractivity contribution in [3.05, 3.63) is 58.1 Å². The molecule has 0 bridgehead atoms. The van der Waals surface area contributed by atoms with Crippen molar-refractivity contribution in [2.45, 2.75) is 6.92 Å². The number of hydrogen-bond acceptors (Lipinski definition) is 3. The molecule has 4 N–H and O–H groups in total. The van der Waals surface area contributed by atoms with Gasteiger partial charge < -0.3 is 16.2 Å². The Kier molecular flexibility index (Phi) is 4.14. The lowest BCUT2D eigenvalue weighted by atomic mass is 10.1. The highest BCUT2D eigenvalue weighted by Gasteiger charge is 2.12. The van der Waals surface area contributed by atoms with Crippen LogP contribution in [0, 0.1) is 6.92 Å². The Bertz CT molecular complexity index is 729. The van der Waals surface area contributed by atoms with Crippen LogP contribution in [0.15, 0.2) is 36.4 Å². The highest BCUT2D eigenvalue weighted by Crippen LogP contribution is 2.24. The molecule has 0 saturated carbocycles. The zero-order chi connectivity index (χ0) is 15.6. The monoisotopic (exact) mass is 304 g/mol. The number of nitrogens with two attached hydrogens (primary N) is 1. The Morgan fingerprint density at radius 1 is 1.14 bits per heavy atom. The summed E-state index contributed by atoms with van der Waals surface area (Å²) in [5.41, 5.74) is 7.79. The second-order valence-corrected chi connectivity index (χ2v) is 4.93. The van der Waals surface area contributed by atoms with Gasteiger partial charge in [-0.25, -0.2) is 4.79 Å². The minimum Gasteiger partial charge on any atom is -0.478 e. The van der Waals surface area contributed by atoms with Crippen LogP contribution in [-0.4, -0.2) is 17.0 Å². The summed E-state index contributed by atoms with van der Waals surface area (Å²) in [6, 6.07) is 8.99. The van der Waals surface area contributed by atoms with Crippen LogP contribution in [0.4, 0.5) is 11.4 Å². The van der Waals surface area contributed by atoms with Crippen LogP contribution in [-0.2, 0) is 0 Å². The van der Waals surface area contributed by atoms with E-state index < -0.39 is 5.97 Å². The van der Waals surface area contributed by atoms with Crippen molar-refractivity contribution in [1.82, 2.24) is 0 Å². The second-order valence-electron chi connectivity index (χ2n) is 4.53. The largest absolute Gasteiger partial charge is 0.478 e. The summed E-state index contributed by atoms with van der Waals surface area (Å²) in [5.74, 6) is -1.48. The van der Waals surface area contributed by atoms with Crippen molar-refractivity contribution in [1.29, 1.82) is 0 Å². The van der Waals surface area contributed by atoms with Gasteiger partial charge in [0.2, 0.25) is 0 Å². The molecule has 0 atom stereocenters. The maximum absolute atomic E-state index is 12.2. The molecule has 0 fully saturated rings. The third kappa shape index (κ3) is 3.32. The number of halogens is 1. The fourth-order valence-electron chi connectivity index (χ4n) is 1.77. The summed E-state index contributed by atoms with van der Waals surface area (Å²) in [6.07, 6.45) is 0. The van der Waals surface area contributed by atoms with Gasteiger partial charge in [-0.05, 0) is 48.9 Å². The van der Waals surface area contributed by atoms with E-state index in [2.05, 4.69) is 5.32 Å². The average Bonchev–Trinajstić information content (AvgIpc) is 2.43. The first-order chi connectivity index (χ1) is 9.88. The Labute approximate surface area is 126 Å². The Morgan fingerprint density at radius 2 is 1.81 bits per heavy atom. The number of anilines is 2. The molecule has 2 aromatic carbocycles. The van der Waals surface area contributed by atoms with Gasteiger partial charge in [-0.3, -0.25) is 4.79 Å². The third-order valence-corrected chi connectivity index (χ3v) is 3.32. The average molecular weight is 305 g/mol. The van der Waals surface area contributed by atoms with Gasteiger partial charge in [0.15, 0.2) is 0 Å². The number of benzene rings is 2. The van der Waals surface area contributed by atoms with Crippen LogP contribution in [0.3, 0.4) is 0 Å². The van der Waals surface area contributed by atoms with Gasteiger partial charge in [0, 0.05) is 11.3 Å². The molecule has 2 aromatic rings. The number of rotatable bonds is 3. The van der Waals surface area contributed by atoms with Gasteiger partial charge in [-0.2, -0.15) is 0 Å². The Balaban J connectivity index is 2.28. The maximum Gasteiger partial charge on any atom is 0.335 e. The predicted molar refractivity (Wildman–Crippen MR) is 82.0 cm³/mol. The standard InChI is InChI=1S/C15H13ClN2O3/c1-8-6-9(3-5-12(8)17)14(19)18-13-7-10(15(20)21)2-4-11(13)16/h2-7H,17H2,1H3,(H,18,19)(H,20,21). The molecule has 0 heterocycles. The highest BCUT2D eigenvalue weighted by atomic mass is 35.5. The van der Waals surface area contributed by atoms with E-state index in [0.29, 0.717) is 11.3 Å². The van der Waals surface area contributed by atoms with Gasteiger partial charge in [0.25, 0.3) is 5.91 Å². The molecule has 0 unspecified atom stereocenters. The molecule has 1 amide bonds. The number of carbonyl (C=O) groups excluding carboxylic acids is 1. The molecule has 0 saturated heterocycles. The number of aromatic carboxylic acids is 1. The quantitative estimate of drug-likeness (QED) is 0.759. The van der Waals surface area contributed by atoms with Crippen LogP contribution in [0.25, 0.3) is 0 Å². The first-order valence-corrected chi connectivity index (χ1v) is 6.46. The molecule has 6 heteroatoms. The van der Waals surface area contributed by atoms with E-state index in [1.165, 1.54) is 18.2 Å². The van der Waals surface area contributed by atoms with E-state index in [1.807, 2.05) is 0 Å². The van der Waals surface area contributed by atoms with Crippen molar-refractivity contribution in [2.75, 3.05) is 11.1 Å². The summed E-state index contributed by atoms with van der Waals surface area (Å²) in [4.78, 5) is 23.1. The highest BCUT2D eigenvalue weighted by molar-refractivity contribution is 6.34. The number of nitrogen functional groups attached to an aromatic ring is 1. The summed E-state index contributed by atoms with van der Waals surface area (Å²) in [5, 5.41) is 11.8. The van der Waals surface area contributed by atoms with Crippen LogP contribution in [0.1, 0.15) is 26.3 Å². The number of aryl methyl sites for hydroxylation is 1. The summed E-state index contributed by atoms with van der Waals surface area (Å²) in [6.45, 7) is 1.80. The van der Waals surface area contributed by atoms with E-state index >= 15 is 0 Å². The van der Waals surface area contributed by atoms with Crippen molar-refractivity contribution in [3.63, 3.8) is 0 Å². The summed E-state index contributed by atoms with van der Waals surface area (Å²) >= 11 is 5.96. The SMILES string of the molecule is Cc1cc(C(=O)Nc2cc(C(=O)O)ccc2Cl)ccc1N. The van der Waals surface area contributed by atoms with Crippen molar-refractivity contribution >= 4 is 34.9 Å². The first-order valence-electron chi connectivity index (χ1n) is 6.09. The molecule has 21 heavy (non-hydrogen) atoms. The Morgan fingerprint density at radius 3 is 2.43 bits per heavy atom. The molecular weight excluding hydrogens is 292 g/mol. The van der Waals surface area contributed by atoms with Crippen molar-refractivity contribution in [3.8, 4) is 0 Å². The number of carboxylic acid groups (broad SMARTS) is 1. The summed E-state index contributed by atoms with van der Waals surface area (Å²) in [7, 11) is 0. The molecule has 5 nitrogen and oxygen atoms in total. The smallest absolute Gasteiger partial charge is 0.335 e. The lowest BCUT2D eigenvalue weighted by Gasteiger charge is -2.09. The van der Waals surface area contributed by atoms with Gasteiger partial charge in [0.1, 0.15) is 0 Å². The predicted octanol–water partition coefficient (Wildman–Crippen LogP) is 3.18. The van der Waals surface area contributed by atoms with E-state index in [0.717, 1.165) is 5.56 Å². The lowest BCUT2D eigenvalue weighted by molar-refractivity contribution is 0.0696. The maximum atomic E-state index is 12.2. The minimum absolute atomic E-state index is 0.0446. The number of carboxylic acids is 1. The topological polar surface area (TPSA) is 92.4 Å². The molecule has 2 rings (SSSR count). The molecule has 0 aliphatic heterocycles. The molecule has 0 aliphatic carbocycles.